The molecule has 0 radical (unpaired) electrons. The van der Waals surface area contributed by atoms with Crippen molar-refractivity contribution in [3.05, 3.63) is 32.2 Å². The molecule has 4 heteroatoms. The Balaban J connectivity index is 2.59. The van der Waals surface area contributed by atoms with Gasteiger partial charge in [-0.1, -0.05) is 15.9 Å². The van der Waals surface area contributed by atoms with E-state index in [-0.39, 0.29) is 0 Å². The van der Waals surface area contributed by atoms with Crippen molar-refractivity contribution in [1.29, 1.82) is 5.26 Å². The summed E-state index contributed by atoms with van der Waals surface area (Å²) in [5.41, 5.74) is 1.57. The third kappa shape index (κ3) is 1.70. The summed E-state index contributed by atoms with van der Waals surface area (Å²) in [5.74, 6) is 0.798. The third-order valence-corrected chi connectivity index (χ3v) is 2.93. The number of nitriles is 1. The van der Waals surface area contributed by atoms with E-state index in [2.05, 4.69) is 37.9 Å². The smallest absolute Gasteiger partial charge is 0.141 e. The monoisotopic (exact) mass is 313 g/mol. The first-order valence-corrected chi connectivity index (χ1v) is 5.52. The Morgan fingerprint density at radius 3 is 2.86 bits per heavy atom. The van der Waals surface area contributed by atoms with Gasteiger partial charge in [-0.05, 0) is 34.1 Å². The summed E-state index contributed by atoms with van der Waals surface area (Å²) < 4.78 is 7.31. The number of nitrogens with zero attached hydrogens (tertiary/aromatic N) is 1. The zero-order chi connectivity index (χ0) is 10.1. The van der Waals surface area contributed by atoms with Crippen LogP contribution in [-0.4, -0.2) is 6.61 Å². The maximum absolute atomic E-state index is 8.73. The molecule has 0 atom stereocenters. The molecular formula is C10H5Br2NO. The van der Waals surface area contributed by atoms with Gasteiger partial charge in [0.15, 0.2) is 0 Å². The van der Waals surface area contributed by atoms with E-state index in [9.17, 15) is 0 Å². The van der Waals surface area contributed by atoms with Gasteiger partial charge in [-0.2, -0.15) is 5.26 Å². The molecule has 0 aromatic heterocycles. The Bertz CT molecular complexity index is 460. The average molecular weight is 315 g/mol. The molecule has 0 bridgehead atoms. The number of ether oxygens (including phenoxy) is 1. The molecule has 1 heterocycles. The van der Waals surface area contributed by atoms with E-state index in [1.165, 1.54) is 0 Å². The molecule has 2 nitrogen and oxygen atoms in total. The molecule has 0 spiro atoms. The molecule has 0 saturated heterocycles. The van der Waals surface area contributed by atoms with Gasteiger partial charge in [0, 0.05) is 10.0 Å². The lowest BCUT2D eigenvalue weighted by atomic mass is 10.1. The van der Waals surface area contributed by atoms with Crippen LogP contribution in [0.5, 0.6) is 5.75 Å². The zero-order valence-electron chi connectivity index (χ0n) is 7.05. The highest BCUT2D eigenvalue weighted by atomic mass is 79.9. The van der Waals surface area contributed by atoms with Gasteiger partial charge in [-0.15, -0.1) is 0 Å². The van der Waals surface area contributed by atoms with Gasteiger partial charge in [-0.3, -0.25) is 0 Å². The molecule has 1 aromatic carbocycles. The van der Waals surface area contributed by atoms with E-state index in [0.717, 1.165) is 20.3 Å². The summed E-state index contributed by atoms with van der Waals surface area (Å²) in [6.45, 7) is 0.351. The first kappa shape index (κ1) is 9.75. The van der Waals surface area contributed by atoms with E-state index in [4.69, 9.17) is 10.00 Å². The second-order valence-electron chi connectivity index (χ2n) is 2.88. The maximum atomic E-state index is 8.73. The Morgan fingerprint density at radius 1 is 1.36 bits per heavy atom. The maximum Gasteiger partial charge on any atom is 0.141 e. The molecule has 1 aliphatic rings. The second-order valence-corrected chi connectivity index (χ2v) is 4.65. The van der Waals surface area contributed by atoms with Crippen molar-refractivity contribution in [2.24, 2.45) is 0 Å². The number of hydrogen-bond donors (Lipinski definition) is 0. The van der Waals surface area contributed by atoms with Gasteiger partial charge in [-0.25, -0.2) is 0 Å². The molecule has 0 aliphatic carbocycles. The van der Waals surface area contributed by atoms with E-state index in [1.807, 2.05) is 18.2 Å². The van der Waals surface area contributed by atoms with Gasteiger partial charge in [0.05, 0.1) is 16.1 Å². The second kappa shape index (κ2) is 3.76. The van der Waals surface area contributed by atoms with Crippen LogP contribution in [0.25, 0.3) is 6.08 Å². The van der Waals surface area contributed by atoms with Gasteiger partial charge in [0.2, 0.25) is 0 Å². The predicted molar refractivity (Wildman–Crippen MR) is 60.9 cm³/mol. The Labute approximate surface area is 98.4 Å². The molecule has 0 N–H and O–H groups in total. The van der Waals surface area contributed by atoms with Crippen molar-refractivity contribution in [1.82, 2.24) is 0 Å². The van der Waals surface area contributed by atoms with Crippen LogP contribution in [0.2, 0.25) is 0 Å². The van der Waals surface area contributed by atoms with Crippen LogP contribution < -0.4 is 4.74 Å². The highest BCUT2D eigenvalue weighted by Gasteiger charge is 2.14. The first-order valence-electron chi connectivity index (χ1n) is 3.93. The Hall–Kier alpha value is -0.790. The summed E-state index contributed by atoms with van der Waals surface area (Å²) in [6, 6.07) is 5.94. The molecule has 1 aromatic rings. The van der Waals surface area contributed by atoms with Gasteiger partial charge < -0.3 is 4.74 Å². The molecule has 0 amide bonds. The van der Waals surface area contributed by atoms with Gasteiger partial charge in [0.25, 0.3) is 0 Å². The number of rotatable bonds is 0. The first-order chi connectivity index (χ1) is 6.70. The van der Waals surface area contributed by atoms with Crippen LogP contribution in [-0.2, 0) is 0 Å². The lowest BCUT2D eigenvalue weighted by Crippen LogP contribution is -2.06. The summed E-state index contributed by atoms with van der Waals surface area (Å²) in [6.07, 6.45) is 1.84. The number of hydrogen-bond acceptors (Lipinski definition) is 2. The van der Waals surface area contributed by atoms with Gasteiger partial charge >= 0.3 is 0 Å². The molecule has 0 saturated carbocycles. The molecular weight excluding hydrogens is 310 g/mol. The number of halogens is 2. The van der Waals surface area contributed by atoms with Crippen LogP contribution in [0.3, 0.4) is 0 Å². The minimum Gasteiger partial charge on any atom is -0.486 e. The van der Waals surface area contributed by atoms with Crippen LogP contribution in [0.4, 0.5) is 0 Å². The highest BCUT2D eigenvalue weighted by Crippen LogP contribution is 2.36. The fraction of sp³-hybridized carbons (Fsp3) is 0.100. The number of fused-ring (bicyclic) bond motifs is 1. The van der Waals surface area contributed by atoms with Crippen molar-refractivity contribution in [3.63, 3.8) is 0 Å². The fourth-order valence-electron chi connectivity index (χ4n) is 1.28. The summed E-state index contributed by atoms with van der Waals surface area (Å²) in [4.78, 5) is 0. The number of benzene rings is 1. The van der Waals surface area contributed by atoms with E-state index in [1.54, 1.807) is 0 Å². The summed E-state index contributed by atoms with van der Waals surface area (Å²) in [7, 11) is 0. The highest BCUT2D eigenvalue weighted by molar-refractivity contribution is 9.11. The lowest BCUT2D eigenvalue weighted by molar-refractivity contribution is 0.349. The average Bonchev–Trinajstić information content (AvgIpc) is 2.16. The van der Waals surface area contributed by atoms with Crippen molar-refractivity contribution in [2.45, 2.75) is 0 Å². The SMILES string of the molecule is N#CC1=Cc2cc(Br)cc(Br)c2OC1. The Kier molecular flexibility index (Phi) is 2.62. The van der Waals surface area contributed by atoms with Crippen molar-refractivity contribution < 1.29 is 4.74 Å². The van der Waals surface area contributed by atoms with Gasteiger partial charge in [0.1, 0.15) is 12.4 Å². The van der Waals surface area contributed by atoms with Crippen LogP contribution in [0.15, 0.2) is 26.7 Å². The molecule has 70 valence electrons. The Morgan fingerprint density at radius 2 is 2.14 bits per heavy atom. The lowest BCUT2D eigenvalue weighted by Gasteiger charge is -2.16. The topological polar surface area (TPSA) is 33.0 Å². The van der Waals surface area contributed by atoms with Crippen LogP contribution in [0.1, 0.15) is 5.56 Å². The van der Waals surface area contributed by atoms with Crippen LogP contribution >= 0.6 is 31.9 Å². The predicted octanol–water partition coefficient (Wildman–Crippen LogP) is 3.51. The van der Waals surface area contributed by atoms with Crippen molar-refractivity contribution >= 4 is 37.9 Å². The molecule has 2 rings (SSSR count). The molecule has 1 aliphatic heterocycles. The van der Waals surface area contributed by atoms with Crippen molar-refractivity contribution in [3.8, 4) is 11.8 Å². The normalized spacial score (nSPS) is 13.6. The summed E-state index contributed by atoms with van der Waals surface area (Å²) >= 11 is 6.79. The third-order valence-electron chi connectivity index (χ3n) is 1.88. The fourth-order valence-corrected chi connectivity index (χ4v) is 2.66. The summed E-state index contributed by atoms with van der Waals surface area (Å²) in [5, 5.41) is 8.73. The quantitative estimate of drug-likeness (QED) is 0.734. The van der Waals surface area contributed by atoms with E-state index >= 15 is 0 Å². The standard InChI is InChI=1S/C10H5Br2NO/c11-8-2-7-1-6(4-13)5-14-10(7)9(12)3-8/h1-3H,5H2. The van der Waals surface area contributed by atoms with Crippen LogP contribution in [0, 0.1) is 11.3 Å². The zero-order valence-corrected chi connectivity index (χ0v) is 10.2. The minimum absolute atomic E-state index is 0.351. The van der Waals surface area contributed by atoms with E-state index in [0.29, 0.717) is 12.2 Å². The molecule has 14 heavy (non-hydrogen) atoms. The largest absolute Gasteiger partial charge is 0.486 e. The van der Waals surface area contributed by atoms with E-state index < -0.39 is 0 Å². The van der Waals surface area contributed by atoms with Crippen molar-refractivity contribution in [2.75, 3.05) is 6.61 Å². The molecule has 0 unspecified atom stereocenters. The minimum atomic E-state index is 0.351. The molecule has 0 fully saturated rings.